The average molecular weight is 305 g/mol. The van der Waals surface area contributed by atoms with Crippen LogP contribution in [0.5, 0.6) is 11.5 Å². The smallest absolute Gasteiger partial charge is 0.254 e. The van der Waals surface area contributed by atoms with Crippen molar-refractivity contribution in [1.29, 1.82) is 0 Å². The van der Waals surface area contributed by atoms with Crippen LogP contribution in [0.4, 0.5) is 5.69 Å². The molecule has 0 saturated heterocycles. The van der Waals surface area contributed by atoms with E-state index < -0.39 is 0 Å². The predicted molar refractivity (Wildman–Crippen MR) is 79.7 cm³/mol. The highest BCUT2D eigenvalue weighted by atomic mass is 32.1. The number of carbonyl (C=O) groups excluding carboxylic acids is 1. The number of hydrogen-bond donors (Lipinski definition) is 2. The molecule has 1 aromatic carbocycles. The maximum atomic E-state index is 12.3. The number of nitrogens with zero attached hydrogens (tertiary/aromatic N) is 1. The molecule has 1 aliphatic rings. The molecule has 3 N–H and O–H groups in total. The molecule has 6 nitrogen and oxygen atoms in total. The van der Waals surface area contributed by atoms with Gasteiger partial charge in [-0.2, -0.15) is 0 Å². The zero-order chi connectivity index (χ0) is 15.0. The molecule has 3 rings (SSSR count). The van der Waals surface area contributed by atoms with Gasteiger partial charge in [0.2, 0.25) is 6.79 Å². The van der Waals surface area contributed by atoms with Crippen LogP contribution in [0, 0.1) is 6.92 Å². The third-order valence-corrected chi connectivity index (χ3v) is 4.29. The van der Waals surface area contributed by atoms with Crippen LogP contribution in [0.1, 0.15) is 34.0 Å². The number of fused-ring (bicyclic) bond motifs is 1. The summed E-state index contributed by atoms with van der Waals surface area (Å²) in [6.07, 6.45) is 0. The van der Waals surface area contributed by atoms with Crippen molar-refractivity contribution in [3.8, 4) is 11.5 Å². The van der Waals surface area contributed by atoms with E-state index in [9.17, 15) is 4.79 Å². The Hall–Kier alpha value is -2.28. The Labute approximate surface area is 125 Å². The quantitative estimate of drug-likeness (QED) is 0.849. The minimum atomic E-state index is -0.258. The highest BCUT2D eigenvalue weighted by molar-refractivity contribution is 7.09. The number of aryl methyl sites for hydroxylation is 1. The van der Waals surface area contributed by atoms with Crippen molar-refractivity contribution in [2.45, 2.75) is 19.9 Å². The third-order valence-electron chi connectivity index (χ3n) is 3.14. The van der Waals surface area contributed by atoms with E-state index in [-0.39, 0.29) is 18.7 Å². The van der Waals surface area contributed by atoms with E-state index in [1.165, 1.54) is 11.3 Å². The first-order valence-corrected chi connectivity index (χ1v) is 7.34. The van der Waals surface area contributed by atoms with E-state index in [0.717, 1.165) is 10.7 Å². The van der Waals surface area contributed by atoms with Crippen LogP contribution in [0.25, 0.3) is 0 Å². The van der Waals surface area contributed by atoms with Crippen molar-refractivity contribution in [2.75, 3.05) is 12.5 Å². The second-order valence-electron chi connectivity index (χ2n) is 4.81. The fourth-order valence-corrected chi connectivity index (χ4v) is 2.87. The standard InChI is InChI=1S/C14H15N3O3S/c1-7-5-21-14(16-7)8(2)17-13(18)9-3-11-12(4-10(9)15)20-6-19-11/h3-5,8H,6,15H2,1-2H3,(H,17,18). The SMILES string of the molecule is Cc1csc(C(C)NC(=O)c2cc3c(cc2N)OCO3)n1. The minimum absolute atomic E-state index is 0.147. The lowest BCUT2D eigenvalue weighted by molar-refractivity contribution is 0.0940. The molecule has 0 spiro atoms. The van der Waals surface area contributed by atoms with Gasteiger partial charge in [0.15, 0.2) is 11.5 Å². The summed E-state index contributed by atoms with van der Waals surface area (Å²) < 4.78 is 10.5. The van der Waals surface area contributed by atoms with Crippen LogP contribution in [0.15, 0.2) is 17.5 Å². The number of nitrogens with one attached hydrogen (secondary N) is 1. The summed E-state index contributed by atoms with van der Waals surface area (Å²) in [5.41, 5.74) is 7.58. The Bertz CT molecular complexity index is 699. The molecule has 1 aromatic heterocycles. The molecule has 1 unspecified atom stereocenters. The number of rotatable bonds is 3. The summed E-state index contributed by atoms with van der Waals surface area (Å²) in [7, 11) is 0. The monoisotopic (exact) mass is 305 g/mol. The van der Waals surface area contributed by atoms with Gasteiger partial charge in [0.05, 0.1) is 11.6 Å². The number of hydrogen-bond acceptors (Lipinski definition) is 6. The fraction of sp³-hybridized carbons (Fsp3) is 0.286. The maximum Gasteiger partial charge on any atom is 0.254 e. The molecule has 0 saturated carbocycles. The van der Waals surface area contributed by atoms with E-state index in [0.29, 0.717) is 22.7 Å². The van der Waals surface area contributed by atoms with Crippen molar-refractivity contribution in [3.63, 3.8) is 0 Å². The van der Waals surface area contributed by atoms with Gasteiger partial charge in [0.25, 0.3) is 5.91 Å². The van der Waals surface area contributed by atoms with Gasteiger partial charge in [-0.25, -0.2) is 4.98 Å². The van der Waals surface area contributed by atoms with E-state index in [4.69, 9.17) is 15.2 Å². The molecule has 21 heavy (non-hydrogen) atoms. The van der Waals surface area contributed by atoms with Gasteiger partial charge < -0.3 is 20.5 Å². The highest BCUT2D eigenvalue weighted by Crippen LogP contribution is 2.36. The Morgan fingerprint density at radius 2 is 2.14 bits per heavy atom. The van der Waals surface area contributed by atoms with Crippen LogP contribution >= 0.6 is 11.3 Å². The molecule has 1 amide bonds. The number of amides is 1. The molecule has 0 bridgehead atoms. The number of anilines is 1. The molecular weight excluding hydrogens is 290 g/mol. The summed E-state index contributed by atoms with van der Waals surface area (Å²) in [6, 6.07) is 3.03. The van der Waals surface area contributed by atoms with Gasteiger partial charge in [-0.15, -0.1) is 11.3 Å². The molecular formula is C14H15N3O3S. The normalized spacial score (nSPS) is 14.0. The second kappa shape index (κ2) is 5.25. The lowest BCUT2D eigenvalue weighted by Crippen LogP contribution is -2.27. The number of aromatic nitrogens is 1. The van der Waals surface area contributed by atoms with Crippen LogP contribution in [-0.2, 0) is 0 Å². The number of carbonyl (C=O) groups is 1. The van der Waals surface area contributed by atoms with Gasteiger partial charge in [0.1, 0.15) is 5.01 Å². The maximum absolute atomic E-state index is 12.3. The van der Waals surface area contributed by atoms with Crippen molar-refractivity contribution in [3.05, 3.63) is 33.8 Å². The van der Waals surface area contributed by atoms with Crippen LogP contribution in [0.2, 0.25) is 0 Å². The first-order chi connectivity index (χ1) is 10.0. The van der Waals surface area contributed by atoms with Gasteiger partial charge in [-0.3, -0.25) is 4.79 Å². The van der Waals surface area contributed by atoms with Crippen molar-refractivity contribution < 1.29 is 14.3 Å². The van der Waals surface area contributed by atoms with Gasteiger partial charge in [-0.05, 0) is 19.9 Å². The summed E-state index contributed by atoms with van der Waals surface area (Å²) in [5, 5.41) is 5.70. The van der Waals surface area contributed by atoms with Gasteiger partial charge >= 0.3 is 0 Å². The molecule has 2 heterocycles. The van der Waals surface area contributed by atoms with Gasteiger partial charge in [0, 0.05) is 22.8 Å². The van der Waals surface area contributed by atoms with Crippen molar-refractivity contribution in [1.82, 2.24) is 10.3 Å². The van der Waals surface area contributed by atoms with Gasteiger partial charge in [-0.1, -0.05) is 0 Å². The van der Waals surface area contributed by atoms with Crippen molar-refractivity contribution in [2.24, 2.45) is 0 Å². The molecule has 2 aromatic rings. The fourth-order valence-electron chi connectivity index (χ4n) is 2.06. The highest BCUT2D eigenvalue weighted by Gasteiger charge is 2.21. The summed E-state index contributed by atoms with van der Waals surface area (Å²) in [4.78, 5) is 16.7. The van der Waals surface area contributed by atoms with Crippen LogP contribution in [-0.4, -0.2) is 17.7 Å². The molecule has 0 aliphatic carbocycles. The predicted octanol–water partition coefficient (Wildman–Crippen LogP) is 2.25. The van der Waals surface area contributed by atoms with E-state index >= 15 is 0 Å². The largest absolute Gasteiger partial charge is 0.454 e. The number of nitrogen functional groups attached to an aromatic ring is 1. The molecule has 1 atom stereocenters. The second-order valence-corrected chi connectivity index (χ2v) is 5.70. The third kappa shape index (κ3) is 2.64. The molecule has 0 radical (unpaired) electrons. The Morgan fingerprint density at radius 1 is 1.43 bits per heavy atom. The lowest BCUT2D eigenvalue weighted by Gasteiger charge is -2.13. The van der Waals surface area contributed by atoms with Crippen LogP contribution < -0.4 is 20.5 Å². The van der Waals surface area contributed by atoms with Crippen molar-refractivity contribution >= 4 is 22.9 Å². The van der Waals surface area contributed by atoms with E-state index in [1.807, 2.05) is 19.2 Å². The minimum Gasteiger partial charge on any atom is -0.454 e. The van der Waals surface area contributed by atoms with E-state index in [1.54, 1.807) is 12.1 Å². The topological polar surface area (TPSA) is 86.5 Å². The molecule has 1 aliphatic heterocycles. The Balaban J connectivity index is 1.79. The summed E-state index contributed by atoms with van der Waals surface area (Å²) in [5.74, 6) is 0.839. The molecule has 0 fully saturated rings. The van der Waals surface area contributed by atoms with Crippen LogP contribution in [0.3, 0.4) is 0 Å². The summed E-state index contributed by atoms with van der Waals surface area (Å²) in [6.45, 7) is 3.96. The first kappa shape index (κ1) is 13.7. The number of nitrogens with two attached hydrogens (primary N) is 1. The number of ether oxygens (including phenoxy) is 2. The lowest BCUT2D eigenvalue weighted by atomic mass is 10.1. The Morgan fingerprint density at radius 3 is 2.81 bits per heavy atom. The number of thiazole rings is 1. The summed E-state index contributed by atoms with van der Waals surface area (Å²) >= 11 is 1.52. The zero-order valence-electron chi connectivity index (χ0n) is 11.7. The zero-order valence-corrected chi connectivity index (χ0v) is 12.5. The molecule has 110 valence electrons. The van der Waals surface area contributed by atoms with E-state index in [2.05, 4.69) is 10.3 Å². The Kier molecular flexibility index (Phi) is 3.42. The number of benzene rings is 1. The molecule has 7 heteroatoms. The first-order valence-electron chi connectivity index (χ1n) is 6.46. The average Bonchev–Trinajstić information content (AvgIpc) is 3.05.